The molecule has 2 heterocycles. The van der Waals surface area contributed by atoms with Crippen LogP contribution in [0.2, 0.25) is 0 Å². The largest absolute Gasteiger partial charge is 0.406 e. The van der Waals surface area contributed by atoms with Crippen LogP contribution in [0.3, 0.4) is 0 Å². The smallest absolute Gasteiger partial charge is 0.364 e. The molecule has 0 aliphatic carbocycles. The summed E-state index contributed by atoms with van der Waals surface area (Å²) < 4.78 is 5.55. The monoisotopic (exact) mass is 280 g/mol. The zero-order valence-corrected chi connectivity index (χ0v) is 11.4. The van der Waals surface area contributed by atoms with Crippen LogP contribution in [0.15, 0.2) is 24.9 Å². The molecule has 0 spiro atoms. The minimum absolute atomic E-state index is 0.102. The van der Waals surface area contributed by atoms with Crippen molar-refractivity contribution < 1.29 is 9.25 Å². The Hall–Kier alpha value is -2.31. The molecule has 0 aliphatic heterocycles. The summed E-state index contributed by atoms with van der Waals surface area (Å²) in [5.74, 6) is 0. The summed E-state index contributed by atoms with van der Waals surface area (Å²) in [5.41, 5.74) is -1.50. The van der Waals surface area contributed by atoms with Crippen molar-refractivity contribution in [1.29, 1.82) is 0 Å². The molecule has 108 valence electrons. The van der Waals surface area contributed by atoms with Crippen molar-refractivity contribution in [2.45, 2.75) is 33.1 Å². The lowest BCUT2D eigenvalue weighted by atomic mass is 10.1. The first kappa shape index (κ1) is 14.1. The third kappa shape index (κ3) is 2.52. The summed E-state index contributed by atoms with van der Waals surface area (Å²) in [5, 5.41) is 0.186. The van der Waals surface area contributed by atoms with Gasteiger partial charge in [0.1, 0.15) is 12.0 Å². The Bertz CT molecular complexity index is 784. The summed E-state index contributed by atoms with van der Waals surface area (Å²) >= 11 is 0. The standard InChI is InChI=1S/C13H16N2O5/c1-3-5-6-8-7-9(16)20-11-10(8)12(17)15(19-4-2)13(18)14-11/h7H,3-6H2,1-2H3,(H,14,18). The lowest BCUT2D eigenvalue weighted by Gasteiger charge is -2.07. The number of aromatic nitrogens is 2. The number of aryl methyl sites for hydroxylation is 1. The Morgan fingerprint density at radius 2 is 2.05 bits per heavy atom. The van der Waals surface area contributed by atoms with Gasteiger partial charge in [0.05, 0.1) is 0 Å². The van der Waals surface area contributed by atoms with Crippen LogP contribution >= 0.6 is 0 Å². The second-order valence-electron chi connectivity index (χ2n) is 4.35. The van der Waals surface area contributed by atoms with E-state index in [4.69, 9.17) is 9.25 Å². The number of rotatable bonds is 5. The highest BCUT2D eigenvalue weighted by Gasteiger charge is 2.15. The van der Waals surface area contributed by atoms with E-state index in [0.717, 1.165) is 12.8 Å². The second kappa shape index (κ2) is 5.77. The number of hydrogen-bond donors (Lipinski definition) is 1. The van der Waals surface area contributed by atoms with Gasteiger partial charge in [0, 0.05) is 6.07 Å². The van der Waals surface area contributed by atoms with Gasteiger partial charge in [0.15, 0.2) is 0 Å². The van der Waals surface area contributed by atoms with Gasteiger partial charge in [-0.15, -0.1) is 0 Å². The Kier molecular flexibility index (Phi) is 4.07. The van der Waals surface area contributed by atoms with Gasteiger partial charge in [-0.05, 0) is 25.3 Å². The second-order valence-corrected chi connectivity index (χ2v) is 4.35. The number of unbranched alkanes of at least 4 members (excludes halogenated alkanes) is 1. The summed E-state index contributed by atoms with van der Waals surface area (Å²) in [7, 11) is 0. The van der Waals surface area contributed by atoms with Gasteiger partial charge >= 0.3 is 16.9 Å². The molecular weight excluding hydrogens is 264 g/mol. The fourth-order valence-corrected chi connectivity index (χ4v) is 2.02. The molecule has 0 saturated carbocycles. The van der Waals surface area contributed by atoms with Gasteiger partial charge in [-0.25, -0.2) is 9.59 Å². The van der Waals surface area contributed by atoms with E-state index in [1.165, 1.54) is 6.07 Å². The van der Waals surface area contributed by atoms with Crippen LogP contribution in [0.5, 0.6) is 0 Å². The van der Waals surface area contributed by atoms with E-state index in [1.54, 1.807) is 6.92 Å². The average Bonchev–Trinajstić information content (AvgIpc) is 2.40. The molecule has 0 saturated heterocycles. The van der Waals surface area contributed by atoms with E-state index in [9.17, 15) is 14.4 Å². The van der Waals surface area contributed by atoms with Gasteiger partial charge in [-0.2, -0.15) is 0 Å². The van der Waals surface area contributed by atoms with Crippen LogP contribution in [0.25, 0.3) is 11.1 Å². The van der Waals surface area contributed by atoms with Crippen molar-refractivity contribution in [3.63, 3.8) is 0 Å². The Morgan fingerprint density at radius 1 is 1.30 bits per heavy atom. The maximum atomic E-state index is 12.3. The molecule has 0 aliphatic rings. The minimum Gasteiger partial charge on any atom is -0.406 e. The van der Waals surface area contributed by atoms with E-state index in [0.29, 0.717) is 16.7 Å². The molecule has 0 aromatic carbocycles. The zero-order valence-electron chi connectivity index (χ0n) is 11.4. The van der Waals surface area contributed by atoms with Crippen LogP contribution in [0, 0.1) is 0 Å². The van der Waals surface area contributed by atoms with Crippen molar-refractivity contribution >= 4 is 11.1 Å². The van der Waals surface area contributed by atoms with Gasteiger partial charge in [0.2, 0.25) is 5.71 Å². The first-order valence-electron chi connectivity index (χ1n) is 6.53. The third-order valence-electron chi connectivity index (χ3n) is 2.90. The number of nitrogens with zero attached hydrogens (tertiary/aromatic N) is 1. The van der Waals surface area contributed by atoms with E-state index in [1.807, 2.05) is 6.92 Å². The molecule has 0 atom stereocenters. The highest BCUT2D eigenvalue weighted by atomic mass is 16.7. The van der Waals surface area contributed by atoms with Crippen molar-refractivity contribution in [1.82, 2.24) is 9.71 Å². The van der Waals surface area contributed by atoms with Gasteiger partial charge in [-0.1, -0.05) is 18.1 Å². The molecule has 7 nitrogen and oxygen atoms in total. The van der Waals surface area contributed by atoms with Crippen LogP contribution in [-0.4, -0.2) is 16.3 Å². The minimum atomic E-state index is -0.764. The van der Waals surface area contributed by atoms with E-state index in [-0.39, 0.29) is 17.7 Å². The Morgan fingerprint density at radius 3 is 2.70 bits per heavy atom. The molecule has 20 heavy (non-hydrogen) atoms. The van der Waals surface area contributed by atoms with Gasteiger partial charge in [-0.3, -0.25) is 9.78 Å². The molecule has 2 aromatic heterocycles. The van der Waals surface area contributed by atoms with Crippen LogP contribution in [-0.2, 0) is 6.42 Å². The maximum absolute atomic E-state index is 12.3. The summed E-state index contributed by atoms with van der Waals surface area (Å²) in [6, 6.07) is 1.29. The molecule has 7 heteroatoms. The van der Waals surface area contributed by atoms with Gasteiger partial charge < -0.3 is 9.25 Å². The predicted molar refractivity (Wildman–Crippen MR) is 73.1 cm³/mol. The highest BCUT2D eigenvalue weighted by Crippen LogP contribution is 2.12. The lowest BCUT2D eigenvalue weighted by Crippen LogP contribution is -2.40. The normalized spacial score (nSPS) is 10.9. The summed E-state index contributed by atoms with van der Waals surface area (Å²) in [4.78, 5) is 42.8. The molecule has 2 aromatic rings. The van der Waals surface area contributed by atoms with Crippen molar-refractivity contribution in [3.05, 3.63) is 42.9 Å². The van der Waals surface area contributed by atoms with E-state index < -0.39 is 16.9 Å². The molecule has 0 fully saturated rings. The summed E-state index contributed by atoms with van der Waals surface area (Å²) in [6.07, 6.45) is 2.31. The van der Waals surface area contributed by atoms with E-state index in [2.05, 4.69) is 4.98 Å². The Balaban J connectivity index is 2.79. The summed E-state index contributed by atoms with van der Waals surface area (Å²) in [6.45, 7) is 3.85. The number of nitrogens with one attached hydrogen (secondary N) is 1. The molecule has 0 amide bonds. The molecule has 1 N–H and O–H groups in total. The molecular formula is C13H16N2O5. The average molecular weight is 280 g/mol. The van der Waals surface area contributed by atoms with Crippen molar-refractivity contribution in [3.8, 4) is 0 Å². The zero-order chi connectivity index (χ0) is 14.7. The molecule has 2 rings (SSSR count). The predicted octanol–water partition coefficient (Wildman–Crippen LogP) is 0.434. The highest BCUT2D eigenvalue weighted by molar-refractivity contribution is 5.75. The topological polar surface area (TPSA) is 94.3 Å². The van der Waals surface area contributed by atoms with Crippen molar-refractivity contribution in [2.75, 3.05) is 6.61 Å². The molecule has 0 bridgehead atoms. The quantitative estimate of drug-likeness (QED) is 0.857. The fourth-order valence-electron chi connectivity index (χ4n) is 2.02. The Labute approximate surface area is 113 Å². The van der Waals surface area contributed by atoms with Crippen LogP contribution < -0.4 is 21.7 Å². The number of fused-ring (bicyclic) bond motifs is 1. The fraction of sp³-hybridized carbons (Fsp3) is 0.462. The lowest BCUT2D eigenvalue weighted by molar-refractivity contribution is 0.103. The SMILES string of the molecule is CCCCc1cc(=O)oc2[nH]c(=O)n(OCC)c(=O)c12. The van der Waals surface area contributed by atoms with Crippen LogP contribution in [0.1, 0.15) is 32.3 Å². The number of H-pyrrole nitrogens is 1. The first-order chi connectivity index (χ1) is 9.58. The number of hydrogen-bond acceptors (Lipinski definition) is 5. The number of aromatic amines is 1. The third-order valence-corrected chi connectivity index (χ3v) is 2.90. The molecule has 0 radical (unpaired) electrons. The first-order valence-corrected chi connectivity index (χ1v) is 6.53. The van der Waals surface area contributed by atoms with Gasteiger partial charge in [0.25, 0.3) is 0 Å². The maximum Gasteiger partial charge on any atom is 0.364 e. The van der Waals surface area contributed by atoms with E-state index >= 15 is 0 Å². The van der Waals surface area contributed by atoms with Crippen LogP contribution in [0.4, 0.5) is 0 Å². The molecule has 0 unspecified atom stereocenters. The van der Waals surface area contributed by atoms with Crippen molar-refractivity contribution in [2.24, 2.45) is 0 Å².